The molecule has 0 fully saturated rings. The highest BCUT2D eigenvalue weighted by Crippen LogP contribution is 2.41. The summed E-state index contributed by atoms with van der Waals surface area (Å²) in [7, 11) is 4.62. The van der Waals surface area contributed by atoms with Gasteiger partial charge in [0.05, 0.1) is 21.3 Å². The zero-order valence-electron chi connectivity index (χ0n) is 11.3. The van der Waals surface area contributed by atoms with Gasteiger partial charge in [-0.25, -0.2) is 4.98 Å². The van der Waals surface area contributed by atoms with Crippen LogP contribution in [0.25, 0.3) is 0 Å². The number of hydrogen-bond acceptors (Lipinski definition) is 5. The van der Waals surface area contributed by atoms with E-state index in [4.69, 9.17) is 30.5 Å². The number of rotatable bonds is 5. The van der Waals surface area contributed by atoms with Crippen molar-refractivity contribution >= 4 is 11.6 Å². The predicted octanol–water partition coefficient (Wildman–Crippen LogP) is 3.55. The standard InChI is InChI=1S/C14H14ClNO4/c1-17-10-7-9(8-11(18-2)14(10)19-3)20-13-6-4-5-12(15)16-13/h4-8H,1-3H3. The molecule has 0 spiro atoms. The van der Waals surface area contributed by atoms with E-state index in [0.717, 1.165) is 0 Å². The molecule has 0 atom stereocenters. The zero-order chi connectivity index (χ0) is 14.5. The van der Waals surface area contributed by atoms with Crippen molar-refractivity contribution in [3.8, 4) is 28.9 Å². The molecule has 6 heteroatoms. The summed E-state index contributed by atoms with van der Waals surface area (Å²) in [6.45, 7) is 0. The van der Waals surface area contributed by atoms with E-state index >= 15 is 0 Å². The minimum Gasteiger partial charge on any atom is -0.493 e. The lowest BCUT2D eigenvalue weighted by molar-refractivity contribution is 0.320. The van der Waals surface area contributed by atoms with Gasteiger partial charge < -0.3 is 18.9 Å². The van der Waals surface area contributed by atoms with Crippen molar-refractivity contribution in [3.63, 3.8) is 0 Å². The molecule has 106 valence electrons. The molecular formula is C14H14ClNO4. The van der Waals surface area contributed by atoms with Crippen molar-refractivity contribution in [1.29, 1.82) is 0 Å². The Morgan fingerprint density at radius 1 is 0.950 bits per heavy atom. The maximum Gasteiger partial charge on any atom is 0.220 e. The third kappa shape index (κ3) is 3.05. The Balaban J connectivity index is 2.37. The monoisotopic (exact) mass is 295 g/mol. The molecule has 2 aromatic rings. The van der Waals surface area contributed by atoms with Gasteiger partial charge in [-0.05, 0) is 6.07 Å². The highest BCUT2D eigenvalue weighted by Gasteiger charge is 2.14. The lowest BCUT2D eigenvalue weighted by Crippen LogP contribution is -1.96. The van der Waals surface area contributed by atoms with Gasteiger partial charge in [-0.1, -0.05) is 17.7 Å². The summed E-state index contributed by atoms with van der Waals surface area (Å²) in [5.74, 6) is 2.40. The second kappa shape index (κ2) is 6.34. The van der Waals surface area contributed by atoms with Gasteiger partial charge in [0.1, 0.15) is 10.9 Å². The highest BCUT2D eigenvalue weighted by atomic mass is 35.5. The molecule has 0 saturated heterocycles. The Bertz CT molecular complexity index is 578. The van der Waals surface area contributed by atoms with E-state index in [1.54, 1.807) is 51.7 Å². The third-order valence-corrected chi connectivity index (χ3v) is 2.76. The SMILES string of the molecule is COc1cc(Oc2cccc(Cl)n2)cc(OC)c1OC. The average Bonchev–Trinajstić information content (AvgIpc) is 2.46. The maximum atomic E-state index is 5.82. The van der Waals surface area contributed by atoms with Crippen LogP contribution in [0.15, 0.2) is 30.3 Å². The third-order valence-electron chi connectivity index (χ3n) is 2.55. The molecule has 1 aromatic heterocycles. The minimum atomic E-state index is 0.356. The van der Waals surface area contributed by atoms with E-state index in [2.05, 4.69) is 4.98 Å². The normalized spacial score (nSPS) is 10.0. The Hall–Kier alpha value is -2.14. The zero-order valence-corrected chi connectivity index (χ0v) is 12.1. The van der Waals surface area contributed by atoms with Crippen molar-refractivity contribution in [1.82, 2.24) is 4.98 Å². The maximum absolute atomic E-state index is 5.82. The molecule has 0 aliphatic carbocycles. The molecule has 0 radical (unpaired) electrons. The van der Waals surface area contributed by atoms with Crippen molar-refractivity contribution < 1.29 is 18.9 Å². The van der Waals surface area contributed by atoms with Crippen LogP contribution >= 0.6 is 11.6 Å². The summed E-state index contributed by atoms with van der Waals surface area (Å²) in [4.78, 5) is 4.05. The van der Waals surface area contributed by atoms with Crippen LogP contribution in [0, 0.1) is 0 Å². The molecule has 0 bridgehead atoms. The topological polar surface area (TPSA) is 49.8 Å². The van der Waals surface area contributed by atoms with E-state index in [1.165, 1.54) is 0 Å². The van der Waals surface area contributed by atoms with E-state index in [9.17, 15) is 0 Å². The quantitative estimate of drug-likeness (QED) is 0.790. The average molecular weight is 296 g/mol. The Kier molecular flexibility index (Phi) is 4.53. The molecule has 20 heavy (non-hydrogen) atoms. The fourth-order valence-electron chi connectivity index (χ4n) is 1.68. The molecular weight excluding hydrogens is 282 g/mol. The predicted molar refractivity (Wildman–Crippen MR) is 75.4 cm³/mol. The molecule has 5 nitrogen and oxygen atoms in total. The lowest BCUT2D eigenvalue weighted by atomic mass is 10.2. The Morgan fingerprint density at radius 3 is 2.10 bits per heavy atom. The smallest absolute Gasteiger partial charge is 0.220 e. The van der Waals surface area contributed by atoms with Crippen LogP contribution < -0.4 is 18.9 Å². The van der Waals surface area contributed by atoms with Crippen molar-refractivity contribution in [2.75, 3.05) is 21.3 Å². The van der Waals surface area contributed by atoms with E-state index in [0.29, 0.717) is 34.0 Å². The van der Waals surface area contributed by atoms with E-state index in [1.807, 2.05) is 0 Å². The van der Waals surface area contributed by atoms with Crippen LogP contribution in [0.5, 0.6) is 28.9 Å². The molecule has 0 amide bonds. The first-order valence-corrected chi connectivity index (χ1v) is 6.16. The molecule has 0 N–H and O–H groups in total. The van der Waals surface area contributed by atoms with E-state index in [-0.39, 0.29) is 0 Å². The Morgan fingerprint density at radius 2 is 1.60 bits per heavy atom. The van der Waals surface area contributed by atoms with Crippen LogP contribution in [0.3, 0.4) is 0 Å². The van der Waals surface area contributed by atoms with Gasteiger partial charge in [-0.15, -0.1) is 0 Å². The number of ether oxygens (including phenoxy) is 4. The molecule has 0 unspecified atom stereocenters. The van der Waals surface area contributed by atoms with Crippen LogP contribution in [0.2, 0.25) is 5.15 Å². The largest absolute Gasteiger partial charge is 0.493 e. The Labute approximate surface area is 122 Å². The van der Waals surface area contributed by atoms with Gasteiger partial charge in [-0.2, -0.15) is 0 Å². The van der Waals surface area contributed by atoms with Crippen LogP contribution in [0.1, 0.15) is 0 Å². The number of halogens is 1. The number of nitrogens with zero attached hydrogens (tertiary/aromatic N) is 1. The summed E-state index contributed by atoms with van der Waals surface area (Å²) in [6, 6.07) is 8.50. The lowest BCUT2D eigenvalue weighted by Gasteiger charge is -2.14. The second-order valence-corrected chi connectivity index (χ2v) is 4.15. The van der Waals surface area contributed by atoms with E-state index < -0.39 is 0 Å². The minimum absolute atomic E-state index is 0.356. The van der Waals surface area contributed by atoms with Crippen molar-refractivity contribution in [2.45, 2.75) is 0 Å². The van der Waals surface area contributed by atoms with Gasteiger partial charge in [0.15, 0.2) is 11.5 Å². The number of aromatic nitrogens is 1. The first kappa shape index (κ1) is 14.3. The van der Waals surface area contributed by atoms with Gasteiger partial charge in [0.2, 0.25) is 11.6 Å². The van der Waals surface area contributed by atoms with Gasteiger partial charge in [0.25, 0.3) is 0 Å². The number of hydrogen-bond donors (Lipinski definition) is 0. The fourth-order valence-corrected chi connectivity index (χ4v) is 1.84. The first-order valence-electron chi connectivity index (χ1n) is 5.78. The molecule has 1 heterocycles. The summed E-state index contributed by atoms with van der Waals surface area (Å²) in [5, 5.41) is 0.356. The number of benzene rings is 1. The molecule has 1 aromatic carbocycles. The van der Waals surface area contributed by atoms with Crippen molar-refractivity contribution in [3.05, 3.63) is 35.5 Å². The van der Waals surface area contributed by atoms with Crippen molar-refractivity contribution in [2.24, 2.45) is 0 Å². The van der Waals surface area contributed by atoms with Gasteiger partial charge >= 0.3 is 0 Å². The number of pyridine rings is 1. The first-order chi connectivity index (χ1) is 9.67. The fraction of sp³-hybridized carbons (Fsp3) is 0.214. The molecule has 2 rings (SSSR count). The molecule has 0 aliphatic rings. The van der Waals surface area contributed by atoms with Crippen LogP contribution in [0.4, 0.5) is 0 Å². The second-order valence-electron chi connectivity index (χ2n) is 3.76. The summed E-state index contributed by atoms with van der Waals surface area (Å²) < 4.78 is 21.4. The number of methoxy groups -OCH3 is 3. The van der Waals surface area contributed by atoms with Gasteiger partial charge in [-0.3, -0.25) is 0 Å². The van der Waals surface area contributed by atoms with Crippen LogP contribution in [-0.4, -0.2) is 26.3 Å². The summed E-state index contributed by atoms with van der Waals surface area (Å²) in [6.07, 6.45) is 0. The summed E-state index contributed by atoms with van der Waals surface area (Å²) >= 11 is 5.82. The van der Waals surface area contributed by atoms with Gasteiger partial charge in [0, 0.05) is 18.2 Å². The highest BCUT2D eigenvalue weighted by molar-refractivity contribution is 6.29. The van der Waals surface area contributed by atoms with Crippen LogP contribution in [-0.2, 0) is 0 Å². The molecule has 0 aliphatic heterocycles. The summed E-state index contributed by atoms with van der Waals surface area (Å²) in [5.41, 5.74) is 0. The molecule has 0 saturated carbocycles.